The molecule has 0 spiro atoms. The van der Waals surface area contributed by atoms with Crippen LogP contribution in [0.5, 0.6) is 5.75 Å². The molecule has 2 heterocycles. The molecule has 37 heavy (non-hydrogen) atoms. The summed E-state index contributed by atoms with van der Waals surface area (Å²) in [5.41, 5.74) is 4.73. The summed E-state index contributed by atoms with van der Waals surface area (Å²) in [6, 6.07) is 5.58. The highest BCUT2D eigenvalue weighted by Gasteiger charge is 2.58. The van der Waals surface area contributed by atoms with Crippen LogP contribution in [0, 0.1) is 23.7 Å². The summed E-state index contributed by atoms with van der Waals surface area (Å²) in [5.74, 6) is 0.304. The molecule has 2 aliphatic heterocycles. The van der Waals surface area contributed by atoms with Crippen LogP contribution in [-0.4, -0.2) is 40.6 Å². The second-order valence-electron chi connectivity index (χ2n) is 11.6. The Bertz CT molecular complexity index is 1120. The number of halogens is 1. The highest BCUT2D eigenvalue weighted by Crippen LogP contribution is 2.52. The maximum atomic E-state index is 13.7. The van der Waals surface area contributed by atoms with E-state index in [1.165, 1.54) is 23.1 Å². The van der Waals surface area contributed by atoms with Gasteiger partial charge in [-0.25, -0.2) is 0 Å². The number of likely N-dealkylation sites (tertiary alicyclic amines) is 1. The molecule has 2 aliphatic carbocycles. The van der Waals surface area contributed by atoms with Crippen LogP contribution in [0.4, 0.5) is 0 Å². The van der Waals surface area contributed by atoms with Gasteiger partial charge in [0.2, 0.25) is 11.8 Å². The van der Waals surface area contributed by atoms with E-state index in [-0.39, 0.29) is 47.5 Å². The second kappa shape index (κ2) is 11.1. The van der Waals surface area contributed by atoms with Gasteiger partial charge in [-0.3, -0.25) is 14.5 Å². The van der Waals surface area contributed by atoms with Crippen LogP contribution in [0.25, 0.3) is 6.08 Å². The Hall–Kier alpha value is -1.92. The minimum atomic E-state index is -0.253. The van der Waals surface area contributed by atoms with E-state index in [9.17, 15) is 14.7 Å². The number of rotatable bonds is 7. The van der Waals surface area contributed by atoms with E-state index >= 15 is 0 Å². The van der Waals surface area contributed by atoms with Crippen molar-refractivity contribution in [2.75, 3.05) is 6.61 Å². The number of hydrogen-bond acceptors (Lipinski definition) is 4. The van der Waals surface area contributed by atoms with Gasteiger partial charge < -0.3 is 9.84 Å². The number of benzene rings is 1. The lowest BCUT2D eigenvalue weighted by Crippen LogP contribution is -2.42. The van der Waals surface area contributed by atoms with Crippen LogP contribution in [0.1, 0.15) is 84.1 Å². The lowest BCUT2D eigenvalue weighted by atomic mass is 9.67. The number of carbonyl (C=O) groups excluding carboxylic acids is 2. The molecule has 1 N–H and O–H groups in total. The average molecular weight is 571 g/mol. The van der Waals surface area contributed by atoms with Gasteiger partial charge in [0.1, 0.15) is 5.75 Å². The molecule has 5 nitrogen and oxygen atoms in total. The van der Waals surface area contributed by atoms with Crippen molar-refractivity contribution in [1.82, 2.24) is 4.90 Å². The maximum Gasteiger partial charge on any atom is 0.234 e. The van der Waals surface area contributed by atoms with Gasteiger partial charge in [0.15, 0.2) is 0 Å². The minimum absolute atomic E-state index is 0.0129. The fraction of sp³-hybridized carbons (Fsp3) is 0.613. The Balaban J connectivity index is 1.37. The predicted molar refractivity (Wildman–Crippen MR) is 149 cm³/mol. The number of imide groups is 1. The lowest BCUT2D eigenvalue weighted by Gasteiger charge is -2.33. The standard InChI is InChI=1S/C31H40BrNO4/c1-4-19(14-20-15-21(32)11-12-26(20)34)10-13-27-28-23(18(2)3)16-24-29(25(28)17-37-27)31(36)33(30(24)35)22-8-6-5-7-9-22/h11-12,14-15,18,22,24-25,27,29,34H,4-10,13,16-17H2,1-3H3/b19-14+/t24-,25+,27-,29-/m1/s1. The van der Waals surface area contributed by atoms with Gasteiger partial charge >= 0.3 is 0 Å². The van der Waals surface area contributed by atoms with E-state index < -0.39 is 0 Å². The summed E-state index contributed by atoms with van der Waals surface area (Å²) >= 11 is 3.50. The van der Waals surface area contributed by atoms with E-state index in [4.69, 9.17) is 4.74 Å². The van der Waals surface area contributed by atoms with Gasteiger partial charge in [0.05, 0.1) is 24.5 Å². The third kappa shape index (κ3) is 5.08. The molecule has 5 rings (SSSR count). The number of phenols is 1. The molecule has 200 valence electrons. The molecule has 0 aromatic heterocycles. The second-order valence-corrected chi connectivity index (χ2v) is 12.6. The molecule has 1 saturated carbocycles. The smallest absolute Gasteiger partial charge is 0.234 e. The van der Waals surface area contributed by atoms with Gasteiger partial charge in [0.25, 0.3) is 0 Å². The summed E-state index contributed by atoms with van der Waals surface area (Å²) in [6.07, 6.45) is 10.7. The number of hydrogen-bond donors (Lipinski definition) is 1. The summed E-state index contributed by atoms with van der Waals surface area (Å²) in [7, 11) is 0. The molecule has 2 amide bonds. The van der Waals surface area contributed by atoms with Crippen LogP contribution in [-0.2, 0) is 14.3 Å². The molecular formula is C31H40BrNO4. The predicted octanol–water partition coefficient (Wildman–Crippen LogP) is 7.03. The average Bonchev–Trinajstić information content (AvgIpc) is 3.42. The molecule has 3 fully saturated rings. The molecule has 0 unspecified atom stereocenters. The first-order valence-electron chi connectivity index (χ1n) is 14.2. The van der Waals surface area contributed by atoms with Crippen LogP contribution in [0.3, 0.4) is 0 Å². The van der Waals surface area contributed by atoms with Crippen LogP contribution in [0.2, 0.25) is 0 Å². The van der Waals surface area contributed by atoms with Gasteiger partial charge in [-0.1, -0.05) is 73.2 Å². The largest absolute Gasteiger partial charge is 0.507 e. The molecule has 1 aromatic rings. The van der Waals surface area contributed by atoms with Crippen molar-refractivity contribution >= 4 is 33.8 Å². The molecule has 4 atom stereocenters. The molecule has 1 aromatic carbocycles. The topological polar surface area (TPSA) is 66.8 Å². The quantitative estimate of drug-likeness (QED) is 0.282. The van der Waals surface area contributed by atoms with Crippen molar-refractivity contribution in [2.24, 2.45) is 23.7 Å². The fourth-order valence-corrected chi connectivity index (χ4v) is 7.59. The lowest BCUT2D eigenvalue weighted by molar-refractivity contribution is -0.143. The maximum absolute atomic E-state index is 13.7. The van der Waals surface area contributed by atoms with E-state index in [2.05, 4.69) is 42.8 Å². The van der Waals surface area contributed by atoms with Gasteiger partial charge in [-0.15, -0.1) is 0 Å². The van der Waals surface area contributed by atoms with Crippen molar-refractivity contribution in [2.45, 2.75) is 90.7 Å². The number of nitrogens with zero attached hydrogens (tertiary/aromatic N) is 1. The van der Waals surface area contributed by atoms with Gasteiger partial charge in [-0.2, -0.15) is 0 Å². The van der Waals surface area contributed by atoms with Crippen LogP contribution >= 0.6 is 15.9 Å². The number of allylic oxidation sites excluding steroid dienone is 2. The number of aromatic hydroxyl groups is 1. The fourth-order valence-electron chi connectivity index (χ4n) is 7.21. The van der Waals surface area contributed by atoms with Gasteiger partial charge in [-0.05, 0) is 68.2 Å². The van der Waals surface area contributed by atoms with E-state index in [1.54, 1.807) is 11.0 Å². The van der Waals surface area contributed by atoms with Crippen molar-refractivity contribution in [1.29, 1.82) is 0 Å². The van der Waals surface area contributed by atoms with Crippen LogP contribution < -0.4 is 0 Å². The third-order valence-electron chi connectivity index (χ3n) is 9.15. The first kappa shape index (κ1) is 26.7. The number of amides is 2. The normalized spacial score (nSPS) is 28.9. The number of phenolic OH excluding ortho intramolecular Hbond substituents is 1. The number of carbonyl (C=O) groups is 2. The summed E-state index contributed by atoms with van der Waals surface area (Å²) in [5, 5.41) is 10.3. The Labute approximate surface area is 229 Å². The Kier molecular flexibility index (Phi) is 7.97. The first-order valence-corrected chi connectivity index (χ1v) is 15.0. The van der Waals surface area contributed by atoms with Crippen LogP contribution in [0.15, 0.2) is 39.4 Å². The molecule has 0 bridgehead atoms. The SMILES string of the molecule is CC/C(=C\c1cc(Br)ccc1O)CC[C@H]1OC[C@H]2C1=C(C(C)C)C[C@H]1C(=O)N(C3CCCCC3)C(=O)[C@H]12. The minimum Gasteiger partial charge on any atom is -0.507 e. The highest BCUT2D eigenvalue weighted by molar-refractivity contribution is 9.10. The zero-order chi connectivity index (χ0) is 26.3. The Morgan fingerprint density at radius 1 is 1.16 bits per heavy atom. The van der Waals surface area contributed by atoms with E-state index in [0.717, 1.165) is 55.0 Å². The molecule has 0 radical (unpaired) electrons. The third-order valence-corrected chi connectivity index (χ3v) is 9.64. The van der Waals surface area contributed by atoms with Crippen molar-refractivity contribution in [3.05, 3.63) is 45.0 Å². The summed E-state index contributed by atoms with van der Waals surface area (Å²) in [4.78, 5) is 29.0. The molecular weight excluding hydrogens is 530 g/mol. The Morgan fingerprint density at radius 2 is 1.92 bits per heavy atom. The van der Waals surface area contributed by atoms with Crippen molar-refractivity contribution in [3.8, 4) is 5.75 Å². The Morgan fingerprint density at radius 3 is 2.62 bits per heavy atom. The monoisotopic (exact) mass is 569 g/mol. The van der Waals surface area contributed by atoms with Crippen molar-refractivity contribution < 1.29 is 19.4 Å². The van der Waals surface area contributed by atoms with Crippen molar-refractivity contribution in [3.63, 3.8) is 0 Å². The molecule has 4 aliphatic rings. The summed E-state index contributed by atoms with van der Waals surface area (Å²) in [6.45, 7) is 7.10. The number of fused-ring (bicyclic) bond motifs is 3. The highest BCUT2D eigenvalue weighted by atomic mass is 79.9. The zero-order valence-electron chi connectivity index (χ0n) is 22.3. The first-order chi connectivity index (χ1) is 17.8. The summed E-state index contributed by atoms with van der Waals surface area (Å²) < 4.78 is 7.36. The molecule has 2 saturated heterocycles. The zero-order valence-corrected chi connectivity index (χ0v) is 23.9. The van der Waals surface area contributed by atoms with E-state index in [1.807, 2.05) is 12.1 Å². The molecule has 6 heteroatoms. The van der Waals surface area contributed by atoms with E-state index in [0.29, 0.717) is 18.9 Å². The number of ether oxygens (including phenoxy) is 1. The van der Waals surface area contributed by atoms with Gasteiger partial charge in [0, 0.05) is 22.0 Å².